The van der Waals surface area contributed by atoms with E-state index in [1.807, 2.05) is 36.4 Å². The highest BCUT2D eigenvalue weighted by molar-refractivity contribution is 7.59. The number of anilines is 2. The van der Waals surface area contributed by atoms with Crippen LogP contribution in [0.3, 0.4) is 0 Å². The summed E-state index contributed by atoms with van der Waals surface area (Å²) in [5.41, 5.74) is 2.63. The summed E-state index contributed by atoms with van der Waals surface area (Å²) in [6.07, 6.45) is 5.93. The Morgan fingerprint density at radius 1 is 0.703 bits per heavy atom. The van der Waals surface area contributed by atoms with Crippen LogP contribution in [0.25, 0.3) is 0 Å². The van der Waals surface area contributed by atoms with Crippen LogP contribution in [0, 0.1) is 0 Å². The van der Waals surface area contributed by atoms with Gasteiger partial charge in [-0.1, -0.05) is 75.5 Å². The van der Waals surface area contributed by atoms with Gasteiger partial charge in [-0.15, -0.1) is 0 Å². The highest BCUT2D eigenvalue weighted by Gasteiger charge is 2.38. The number of H-pyrrole nitrogens is 2. The molecule has 4 heterocycles. The first-order chi connectivity index (χ1) is 29.2. The molecule has 0 spiro atoms. The van der Waals surface area contributed by atoms with E-state index in [-0.39, 0.29) is 71.1 Å². The molecule has 5 N–H and O–H groups in total. The van der Waals surface area contributed by atoms with Gasteiger partial charge in [-0.25, -0.2) is 19.8 Å². The predicted octanol–water partition coefficient (Wildman–Crippen LogP) is 6.91. The summed E-state index contributed by atoms with van der Waals surface area (Å²) in [5, 5.41) is 8.29. The van der Waals surface area contributed by atoms with Gasteiger partial charge in [0.1, 0.15) is 29.1 Å². The zero-order valence-corrected chi connectivity index (χ0v) is 35.9. The number of likely N-dealkylation sites (tertiary alicyclic amines) is 2. The Morgan fingerprint density at radius 3 is 1.64 bits per heavy atom. The third-order valence-electron chi connectivity index (χ3n) is 10.3. The van der Waals surface area contributed by atoms with Crippen molar-refractivity contribution in [3.8, 4) is 0 Å². The number of aromatic amines is 2. The van der Waals surface area contributed by atoms with Crippen molar-refractivity contribution in [1.29, 1.82) is 0 Å². The number of hydrogen-bond acceptors (Lipinski definition) is 11. The molecule has 2 saturated heterocycles. The first-order valence-corrected chi connectivity index (χ1v) is 19.3. The average molecular weight is 917 g/mol. The molecule has 0 saturated carbocycles. The minimum Gasteiger partial charge on any atom is -0.453 e. The fourth-order valence-electron chi connectivity index (χ4n) is 7.40. The molecule has 64 heavy (non-hydrogen) atoms. The summed E-state index contributed by atoms with van der Waals surface area (Å²) >= 11 is 0. The van der Waals surface area contributed by atoms with E-state index in [0.717, 1.165) is 12.8 Å². The Labute approximate surface area is 385 Å². The van der Waals surface area contributed by atoms with E-state index in [2.05, 4.69) is 45.8 Å². The SMILES string of the molecule is C.C.COOC=N[C@@H](C(=O)N1CCC[C@H]1c1ncc(C(=O)Nc2ccc(NC(=O)c3cnc([C@@H]4CCCN4C(=O)[C@H](NC(=O)OC)c4ccccc4)[nH]3)cc2)[nH]1)c1ccccc1.S.S. The minimum absolute atomic E-state index is 0. The van der Waals surface area contributed by atoms with Gasteiger partial charge in [0.2, 0.25) is 6.40 Å². The number of benzene rings is 3. The first-order valence-electron chi connectivity index (χ1n) is 19.3. The van der Waals surface area contributed by atoms with E-state index in [9.17, 15) is 24.0 Å². The highest BCUT2D eigenvalue weighted by Crippen LogP contribution is 2.35. The van der Waals surface area contributed by atoms with Crippen LogP contribution in [0.4, 0.5) is 16.2 Å². The molecule has 342 valence electrons. The number of imidazole rings is 2. The van der Waals surface area contributed by atoms with Crippen LogP contribution in [0.2, 0.25) is 0 Å². The van der Waals surface area contributed by atoms with Crippen molar-refractivity contribution in [2.45, 2.75) is 64.7 Å². The van der Waals surface area contributed by atoms with Gasteiger partial charge in [-0.3, -0.25) is 19.2 Å². The smallest absolute Gasteiger partial charge is 0.407 e. The van der Waals surface area contributed by atoms with E-state index in [4.69, 9.17) is 9.62 Å². The molecule has 0 aliphatic carbocycles. The molecule has 7 rings (SSSR count). The van der Waals surface area contributed by atoms with Crippen molar-refractivity contribution in [2.24, 2.45) is 4.99 Å². The third-order valence-corrected chi connectivity index (χ3v) is 10.3. The lowest BCUT2D eigenvalue weighted by atomic mass is 10.1. The van der Waals surface area contributed by atoms with Crippen LogP contribution in [0.15, 0.2) is 102 Å². The van der Waals surface area contributed by atoms with Crippen molar-refractivity contribution >= 4 is 74.5 Å². The highest BCUT2D eigenvalue weighted by atomic mass is 32.1. The molecule has 4 atom stereocenters. The van der Waals surface area contributed by atoms with Gasteiger partial charge in [0.05, 0.1) is 38.7 Å². The average Bonchev–Trinajstić information content (AvgIpc) is 4.12. The van der Waals surface area contributed by atoms with E-state index < -0.39 is 36.0 Å². The van der Waals surface area contributed by atoms with Crippen LogP contribution in [0.5, 0.6) is 0 Å². The summed E-state index contributed by atoms with van der Waals surface area (Å²) in [6, 6.07) is 22.0. The maximum atomic E-state index is 13.8. The van der Waals surface area contributed by atoms with Gasteiger partial charge in [-0.05, 0) is 61.1 Å². The lowest BCUT2D eigenvalue weighted by Gasteiger charge is -2.28. The molecule has 2 fully saturated rings. The fraction of sp³-hybridized carbons (Fsp3) is 0.318. The number of aromatic nitrogens is 4. The van der Waals surface area contributed by atoms with Crippen molar-refractivity contribution in [2.75, 3.05) is 37.9 Å². The molecule has 2 aromatic heterocycles. The number of ether oxygens (including phenoxy) is 1. The third kappa shape index (κ3) is 12.1. The molecule has 3 aromatic carbocycles. The van der Waals surface area contributed by atoms with Gasteiger partial charge >= 0.3 is 6.09 Å². The normalized spacial score (nSPS) is 16.2. The summed E-state index contributed by atoms with van der Waals surface area (Å²) < 4.78 is 4.77. The monoisotopic (exact) mass is 916 g/mol. The summed E-state index contributed by atoms with van der Waals surface area (Å²) in [5.74, 6) is -0.525. The largest absolute Gasteiger partial charge is 0.453 e. The molecule has 0 radical (unpaired) electrons. The number of methoxy groups -OCH3 is 1. The lowest BCUT2D eigenvalue weighted by molar-refractivity contribution is -0.188. The predicted molar refractivity (Wildman–Crippen MR) is 252 cm³/mol. The Hall–Kier alpha value is -6.64. The van der Waals surface area contributed by atoms with E-state index in [0.29, 0.717) is 66.5 Å². The number of rotatable bonds is 14. The lowest BCUT2D eigenvalue weighted by Crippen LogP contribution is -2.42. The molecule has 0 bridgehead atoms. The second kappa shape index (κ2) is 24.3. The molecule has 0 unspecified atom stereocenters. The zero-order chi connectivity index (χ0) is 42.0. The molecule has 18 nitrogen and oxygen atoms in total. The van der Waals surface area contributed by atoms with Gasteiger partial charge in [0, 0.05) is 24.5 Å². The Kier molecular flexibility index (Phi) is 19.6. The zero-order valence-electron chi connectivity index (χ0n) is 33.9. The number of carbonyl (C=O) groups excluding carboxylic acids is 5. The number of hydrogen-bond donors (Lipinski definition) is 5. The number of aliphatic imine (C=N–C) groups is 1. The second-order valence-corrected chi connectivity index (χ2v) is 14.0. The molecule has 2 aliphatic rings. The van der Waals surface area contributed by atoms with Crippen LogP contribution in [0.1, 0.15) is 108 Å². The van der Waals surface area contributed by atoms with E-state index in [1.165, 1.54) is 26.6 Å². The first kappa shape index (κ1) is 51.7. The van der Waals surface area contributed by atoms with Crippen LogP contribution in [-0.4, -0.2) is 93.2 Å². The second-order valence-electron chi connectivity index (χ2n) is 14.0. The van der Waals surface area contributed by atoms with Crippen molar-refractivity contribution in [3.05, 3.63) is 131 Å². The maximum absolute atomic E-state index is 13.8. The molecule has 5 aromatic rings. The van der Waals surface area contributed by atoms with E-state index >= 15 is 0 Å². The van der Waals surface area contributed by atoms with Gasteiger partial charge < -0.3 is 45.3 Å². The van der Waals surface area contributed by atoms with Gasteiger partial charge in [-0.2, -0.15) is 31.9 Å². The molecule has 5 amide bonds. The number of nitrogens with one attached hydrogen (secondary N) is 5. The maximum Gasteiger partial charge on any atom is 0.407 e. The number of alkyl carbamates (subject to hydrolysis) is 1. The number of nitrogens with zero attached hydrogens (tertiary/aromatic N) is 5. The molecule has 2 aliphatic heterocycles. The topological polar surface area (TPSA) is 225 Å². The summed E-state index contributed by atoms with van der Waals surface area (Å²) in [7, 11) is 2.58. The quantitative estimate of drug-likeness (QED) is 0.0335. The number of amides is 5. The van der Waals surface area contributed by atoms with Crippen LogP contribution >= 0.6 is 27.0 Å². The minimum atomic E-state index is -0.968. The van der Waals surface area contributed by atoms with Gasteiger partial charge in [0.15, 0.2) is 6.04 Å². The Balaban J connectivity index is 0.00000272. The van der Waals surface area contributed by atoms with Gasteiger partial charge in [0.25, 0.3) is 23.6 Å². The fourth-order valence-corrected chi connectivity index (χ4v) is 7.40. The Morgan fingerprint density at radius 2 is 1.17 bits per heavy atom. The molecular weight excluding hydrogens is 861 g/mol. The standard InChI is InChI=1S/C42H44N10O8.2CH4.2H2S/c1-58-42(57)50-35(27-13-7-4-8-14-27)41(56)52-22-10-16-33(52)37-44-24-31(49-37)39(54)47-29-19-17-28(18-20-29)46-38(53)30-23-43-36(48-30)32-15-9-21-51(32)40(55)34(45-25-60-59-2)26-11-5-3-6-12-26;;;;/h3-8,11-14,17-20,23-25,32-35H,9-10,15-16,21-22H2,1-2H3,(H,43,48)(H,44,49)(H,46,53)(H,47,54)(H,50,57);2*1H4;2*1H2/t32-,33-,34+,35+;;;;/m0..../s1. The Bertz CT molecular complexity index is 2330. The van der Waals surface area contributed by atoms with Crippen LogP contribution < -0.4 is 16.0 Å². The number of carbonyl (C=O) groups is 5. The molecular formula is C44H56N10O8S2. The molecule has 20 heteroatoms. The summed E-state index contributed by atoms with van der Waals surface area (Å²) in [6.45, 7) is 0.938. The van der Waals surface area contributed by atoms with E-state index in [1.54, 1.807) is 58.3 Å². The van der Waals surface area contributed by atoms with Crippen molar-refractivity contribution < 1.29 is 38.5 Å². The summed E-state index contributed by atoms with van der Waals surface area (Å²) in [4.78, 5) is 98.4. The van der Waals surface area contributed by atoms with Crippen LogP contribution in [-0.2, 0) is 24.1 Å². The van der Waals surface area contributed by atoms with Crippen molar-refractivity contribution in [3.63, 3.8) is 0 Å². The van der Waals surface area contributed by atoms with Crippen molar-refractivity contribution in [1.82, 2.24) is 35.1 Å².